The molecule has 2 aromatic heterocycles. The van der Waals surface area contributed by atoms with Crippen LogP contribution in [0, 0.1) is 0 Å². The Balaban J connectivity index is 2.32. The Morgan fingerprint density at radius 3 is 3.31 bits per heavy atom. The highest BCUT2D eigenvalue weighted by atomic mass is 32.1. The van der Waals surface area contributed by atoms with Gasteiger partial charge in [0.05, 0.1) is 0 Å². The van der Waals surface area contributed by atoms with Crippen LogP contribution >= 0.6 is 11.3 Å². The van der Waals surface area contributed by atoms with Crippen LogP contribution in [-0.2, 0) is 0 Å². The molecule has 0 aromatic carbocycles. The van der Waals surface area contributed by atoms with E-state index in [-0.39, 0.29) is 0 Å². The molecule has 0 spiro atoms. The summed E-state index contributed by atoms with van der Waals surface area (Å²) in [6.07, 6.45) is 3.58. The molecule has 0 aliphatic rings. The monoisotopic (exact) mass is 191 g/mol. The van der Waals surface area contributed by atoms with E-state index in [1.54, 1.807) is 23.6 Å². The van der Waals surface area contributed by atoms with Crippen LogP contribution in [0.3, 0.4) is 0 Å². The van der Waals surface area contributed by atoms with Gasteiger partial charge in [-0.25, -0.2) is 9.97 Å². The molecule has 0 radical (unpaired) electrons. The fraction of sp³-hybridized carbons (Fsp3) is 0.111. The first-order valence-electron chi connectivity index (χ1n) is 3.96. The minimum Gasteiger partial charge on any atom is -0.358 e. The average molecular weight is 191 g/mol. The van der Waals surface area contributed by atoms with E-state index >= 15 is 0 Å². The summed E-state index contributed by atoms with van der Waals surface area (Å²) in [5.41, 5.74) is 0.944. The predicted molar refractivity (Wildman–Crippen MR) is 56.1 cm³/mol. The quantitative estimate of drug-likeness (QED) is 0.756. The number of nitrogens with one attached hydrogen (secondary N) is 1. The molecule has 0 bridgehead atoms. The van der Waals surface area contributed by atoms with E-state index in [1.165, 1.54) is 0 Å². The molecule has 2 aromatic rings. The Morgan fingerprint density at radius 1 is 1.62 bits per heavy atom. The molecule has 0 aliphatic heterocycles. The van der Waals surface area contributed by atoms with Gasteiger partial charge in [0.2, 0.25) is 0 Å². The van der Waals surface area contributed by atoms with Gasteiger partial charge in [0.25, 0.3) is 0 Å². The number of thiazole rings is 1. The molecule has 4 heteroatoms. The zero-order chi connectivity index (χ0) is 9.10. The Morgan fingerprint density at radius 2 is 2.54 bits per heavy atom. The van der Waals surface area contributed by atoms with Crippen LogP contribution in [0.15, 0.2) is 31.0 Å². The number of nitrogens with zero attached hydrogens (tertiary/aromatic N) is 2. The van der Waals surface area contributed by atoms with Crippen molar-refractivity contribution in [2.75, 3.05) is 11.9 Å². The summed E-state index contributed by atoms with van der Waals surface area (Å²) in [6, 6.07) is 3.84. The maximum Gasteiger partial charge on any atom is 0.185 e. The van der Waals surface area contributed by atoms with Crippen molar-refractivity contribution >= 4 is 26.8 Å². The van der Waals surface area contributed by atoms with E-state index < -0.39 is 0 Å². The van der Waals surface area contributed by atoms with E-state index in [0.717, 1.165) is 22.0 Å². The minimum atomic E-state index is 0.736. The van der Waals surface area contributed by atoms with Gasteiger partial charge in [0.1, 0.15) is 10.3 Å². The van der Waals surface area contributed by atoms with Crippen molar-refractivity contribution in [2.24, 2.45) is 0 Å². The van der Waals surface area contributed by atoms with Crippen molar-refractivity contribution < 1.29 is 0 Å². The molecule has 0 atom stereocenters. The molecule has 0 unspecified atom stereocenters. The second-order valence-corrected chi connectivity index (χ2v) is 3.49. The topological polar surface area (TPSA) is 37.8 Å². The second-order valence-electron chi connectivity index (χ2n) is 2.52. The lowest BCUT2D eigenvalue weighted by Crippen LogP contribution is -1.95. The Hall–Kier alpha value is -1.42. The van der Waals surface area contributed by atoms with Crippen LogP contribution in [0.5, 0.6) is 0 Å². The van der Waals surface area contributed by atoms with Crippen LogP contribution in [0.25, 0.3) is 10.3 Å². The highest BCUT2D eigenvalue weighted by Crippen LogP contribution is 2.22. The molecule has 0 fully saturated rings. The van der Waals surface area contributed by atoms with Crippen LogP contribution in [0.2, 0.25) is 0 Å². The molecule has 13 heavy (non-hydrogen) atoms. The largest absolute Gasteiger partial charge is 0.358 e. The highest BCUT2D eigenvalue weighted by Gasteiger charge is 2.01. The summed E-state index contributed by atoms with van der Waals surface area (Å²) in [6.45, 7) is 4.36. The summed E-state index contributed by atoms with van der Waals surface area (Å²) < 4.78 is 0. The molecule has 1 N–H and O–H groups in total. The Bertz CT molecular complexity index is 388. The normalized spacial score (nSPS) is 10.2. The van der Waals surface area contributed by atoms with E-state index in [2.05, 4.69) is 21.9 Å². The Labute approximate surface area is 80.1 Å². The van der Waals surface area contributed by atoms with E-state index in [1.807, 2.05) is 12.1 Å². The zero-order valence-electron chi connectivity index (χ0n) is 7.03. The number of fused-ring (bicyclic) bond motifs is 1. The molecular weight excluding hydrogens is 182 g/mol. The van der Waals surface area contributed by atoms with Crippen molar-refractivity contribution in [3.63, 3.8) is 0 Å². The first-order valence-corrected chi connectivity index (χ1v) is 4.78. The van der Waals surface area contributed by atoms with Gasteiger partial charge in [-0.1, -0.05) is 17.4 Å². The third-order valence-corrected chi connectivity index (χ3v) is 2.50. The summed E-state index contributed by atoms with van der Waals surface area (Å²) in [7, 11) is 0. The smallest absolute Gasteiger partial charge is 0.185 e. The molecule has 0 aliphatic carbocycles. The van der Waals surface area contributed by atoms with E-state index in [9.17, 15) is 0 Å². The summed E-state index contributed by atoms with van der Waals surface area (Å²) in [4.78, 5) is 9.51. The van der Waals surface area contributed by atoms with Crippen LogP contribution in [-0.4, -0.2) is 16.5 Å². The number of rotatable bonds is 3. The standard InChI is InChI=1S/C9H9N3S/c1-2-5-11-9-12-7-4-3-6-10-8(7)13-9/h2-4,6H,1,5H2,(H,11,12). The molecular formula is C9H9N3S. The number of anilines is 1. The highest BCUT2D eigenvalue weighted by molar-refractivity contribution is 7.21. The van der Waals surface area contributed by atoms with Gasteiger partial charge in [-0.3, -0.25) is 0 Å². The molecule has 2 rings (SSSR count). The maximum atomic E-state index is 4.35. The lowest BCUT2D eigenvalue weighted by Gasteiger charge is -1.93. The minimum absolute atomic E-state index is 0.736. The van der Waals surface area contributed by atoms with Gasteiger partial charge < -0.3 is 5.32 Å². The van der Waals surface area contributed by atoms with E-state index in [4.69, 9.17) is 0 Å². The molecule has 0 amide bonds. The van der Waals surface area contributed by atoms with Crippen molar-refractivity contribution in [3.05, 3.63) is 31.0 Å². The number of hydrogen-bond acceptors (Lipinski definition) is 4. The van der Waals surface area contributed by atoms with Gasteiger partial charge in [-0.2, -0.15) is 0 Å². The molecule has 2 heterocycles. The molecule has 0 saturated carbocycles. The van der Waals surface area contributed by atoms with Gasteiger partial charge in [0, 0.05) is 12.7 Å². The molecule has 3 nitrogen and oxygen atoms in total. The van der Waals surface area contributed by atoms with Gasteiger partial charge in [0.15, 0.2) is 5.13 Å². The average Bonchev–Trinajstić information content (AvgIpc) is 2.57. The SMILES string of the molecule is C=CCNc1nc2cccnc2s1. The fourth-order valence-corrected chi connectivity index (χ4v) is 1.82. The first kappa shape index (κ1) is 8.19. The van der Waals surface area contributed by atoms with Gasteiger partial charge in [-0.05, 0) is 12.1 Å². The number of hydrogen-bond donors (Lipinski definition) is 1. The Kier molecular flexibility index (Phi) is 2.23. The lowest BCUT2D eigenvalue weighted by atomic mass is 10.5. The van der Waals surface area contributed by atoms with Crippen LogP contribution in [0.1, 0.15) is 0 Å². The van der Waals surface area contributed by atoms with Crippen molar-refractivity contribution in [1.82, 2.24) is 9.97 Å². The summed E-state index contributed by atoms with van der Waals surface area (Å²) in [5, 5.41) is 4.03. The zero-order valence-corrected chi connectivity index (χ0v) is 7.84. The third-order valence-electron chi connectivity index (χ3n) is 1.56. The van der Waals surface area contributed by atoms with Crippen molar-refractivity contribution in [1.29, 1.82) is 0 Å². The summed E-state index contributed by atoms with van der Waals surface area (Å²) >= 11 is 1.56. The van der Waals surface area contributed by atoms with Crippen LogP contribution in [0.4, 0.5) is 5.13 Å². The third kappa shape index (κ3) is 1.67. The van der Waals surface area contributed by atoms with Gasteiger partial charge in [-0.15, -0.1) is 6.58 Å². The van der Waals surface area contributed by atoms with Crippen molar-refractivity contribution in [2.45, 2.75) is 0 Å². The number of aromatic nitrogens is 2. The molecule has 66 valence electrons. The van der Waals surface area contributed by atoms with E-state index in [0.29, 0.717) is 0 Å². The first-order chi connectivity index (χ1) is 6.40. The van der Waals surface area contributed by atoms with Gasteiger partial charge >= 0.3 is 0 Å². The molecule has 0 saturated heterocycles. The van der Waals surface area contributed by atoms with Crippen LogP contribution < -0.4 is 5.32 Å². The summed E-state index contributed by atoms with van der Waals surface area (Å²) in [5.74, 6) is 0. The number of pyridine rings is 1. The lowest BCUT2D eigenvalue weighted by molar-refractivity contribution is 1.30. The second kappa shape index (κ2) is 3.53. The van der Waals surface area contributed by atoms with Crippen molar-refractivity contribution in [3.8, 4) is 0 Å². The maximum absolute atomic E-state index is 4.35. The fourth-order valence-electron chi connectivity index (χ4n) is 1.00. The predicted octanol–water partition coefficient (Wildman–Crippen LogP) is 2.29.